The van der Waals surface area contributed by atoms with Crippen LogP contribution in [0.4, 0.5) is 0 Å². The molecule has 2 amide bonds. The van der Waals surface area contributed by atoms with Crippen LogP contribution in [-0.2, 0) is 23.0 Å². The number of rotatable bonds is 7. The van der Waals surface area contributed by atoms with Gasteiger partial charge in [0.15, 0.2) is 6.29 Å². The van der Waals surface area contributed by atoms with Crippen molar-refractivity contribution in [1.82, 2.24) is 20.4 Å². The van der Waals surface area contributed by atoms with Gasteiger partial charge in [0.1, 0.15) is 11.7 Å². The lowest BCUT2D eigenvalue weighted by molar-refractivity contribution is -0.127. The van der Waals surface area contributed by atoms with Gasteiger partial charge in [0.05, 0.1) is 18.3 Å². The van der Waals surface area contributed by atoms with Crippen LogP contribution in [0.1, 0.15) is 49.8 Å². The van der Waals surface area contributed by atoms with Crippen molar-refractivity contribution in [1.29, 1.82) is 0 Å². The number of aliphatic hydroxyl groups excluding tert-OH is 1. The minimum absolute atomic E-state index is 0.221. The molecule has 0 bridgehead atoms. The molecule has 1 aromatic rings. The van der Waals surface area contributed by atoms with Gasteiger partial charge in [0, 0.05) is 7.05 Å². The molecule has 2 rings (SSSR count). The number of ether oxygens (including phenoxy) is 1. The molecule has 1 aliphatic rings. The number of carbonyl (C=O) groups is 2. The summed E-state index contributed by atoms with van der Waals surface area (Å²) in [7, 11) is 1.71. The Morgan fingerprint density at radius 2 is 2.20 bits per heavy atom. The highest BCUT2D eigenvalue weighted by Crippen LogP contribution is 2.13. The summed E-state index contributed by atoms with van der Waals surface area (Å²) in [5, 5.41) is 19.5. The third-order valence-corrected chi connectivity index (χ3v) is 4.24. The predicted molar refractivity (Wildman–Crippen MR) is 91.8 cm³/mol. The SMILES string of the molecule is CCc1cc(C(=O)NC(CC(C)C)C(=O)NC2CCOC2O)n(C)n1. The lowest BCUT2D eigenvalue weighted by Gasteiger charge is -2.23. The summed E-state index contributed by atoms with van der Waals surface area (Å²) < 4.78 is 6.57. The number of hydrogen-bond donors (Lipinski definition) is 3. The largest absolute Gasteiger partial charge is 0.366 e. The van der Waals surface area contributed by atoms with E-state index in [2.05, 4.69) is 15.7 Å². The second-order valence-electron chi connectivity index (χ2n) is 6.82. The van der Waals surface area contributed by atoms with Gasteiger partial charge < -0.3 is 20.5 Å². The van der Waals surface area contributed by atoms with Gasteiger partial charge in [-0.25, -0.2) is 0 Å². The Hall–Kier alpha value is -1.93. The minimum Gasteiger partial charge on any atom is -0.366 e. The average Bonchev–Trinajstić information content (AvgIpc) is 3.12. The van der Waals surface area contributed by atoms with E-state index >= 15 is 0 Å². The van der Waals surface area contributed by atoms with E-state index in [0.29, 0.717) is 25.1 Å². The molecule has 3 N–H and O–H groups in total. The van der Waals surface area contributed by atoms with Crippen molar-refractivity contribution in [3.63, 3.8) is 0 Å². The number of aliphatic hydroxyl groups is 1. The van der Waals surface area contributed by atoms with E-state index in [0.717, 1.165) is 12.1 Å². The third kappa shape index (κ3) is 5.02. The molecule has 1 aromatic heterocycles. The highest BCUT2D eigenvalue weighted by atomic mass is 16.6. The minimum atomic E-state index is -0.997. The second-order valence-corrected chi connectivity index (χ2v) is 6.82. The Labute approximate surface area is 147 Å². The molecule has 140 valence electrons. The summed E-state index contributed by atoms with van der Waals surface area (Å²) in [6.07, 6.45) is 0.788. The van der Waals surface area contributed by atoms with Crippen molar-refractivity contribution >= 4 is 11.8 Å². The lowest BCUT2D eigenvalue weighted by atomic mass is 10.0. The molecular weight excluding hydrogens is 324 g/mol. The van der Waals surface area contributed by atoms with E-state index in [1.165, 1.54) is 4.68 Å². The Balaban J connectivity index is 2.06. The van der Waals surface area contributed by atoms with Crippen molar-refractivity contribution in [3.8, 4) is 0 Å². The van der Waals surface area contributed by atoms with Gasteiger partial charge in [-0.2, -0.15) is 5.10 Å². The zero-order valence-electron chi connectivity index (χ0n) is 15.3. The third-order valence-electron chi connectivity index (χ3n) is 4.24. The van der Waals surface area contributed by atoms with Crippen LogP contribution in [-0.4, -0.2) is 51.7 Å². The number of carbonyl (C=O) groups excluding carboxylic acids is 2. The normalized spacial score (nSPS) is 21.4. The standard InChI is InChI=1S/C17H28N4O4/c1-5-11-9-14(21(4)20-11)16(23)19-13(8-10(2)3)15(22)18-12-6-7-25-17(12)24/h9-10,12-13,17,24H,5-8H2,1-4H3,(H,18,22)(H,19,23). The highest BCUT2D eigenvalue weighted by molar-refractivity contribution is 5.96. The number of hydrogen-bond acceptors (Lipinski definition) is 5. The summed E-state index contributed by atoms with van der Waals surface area (Å²) in [4.78, 5) is 25.1. The van der Waals surface area contributed by atoms with Crippen molar-refractivity contribution in [2.45, 2.75) is 58.4 Å². The van der Waals surface area contributed by atoms with Crippen LogP contribution >= 0.6 is 0 Å². The first-order chi connectivity index (χ1) is 11.8. The number of nitrogens with one attached hydrogen (secondary N) is 2. The number of nitrogens with zero attached hydrogens (tertiary/aromatic N) is 2. The second kappa shape index (κ2) is 8.44. The van der Waals surface area contributed by atoms with E-state index in [4.69, 9.17) is 4.74 Å². The average molecular weight is 352 g/mol. The Bertz CT molecular complexity index is 614. The molecule has 1 saturated heterocycles. The molecule has 0 aliphatic carbocycles. The number of aryl methyl sites for hydroxylation is 2. The van der Waals surface area contributed by atoms with Gasteiger partial charge in [-0.3, -0.25) is 14.3 Å². The quantitative estimate of drug-likeness (QED) is 0.657. The number of aromatic nitrogens is 2. The molecule has 8 nitrogen and oxygen atoms in total. The molecule has 0 saturated carbocycles. The molecule has 2 heterocycles. The summed E-state index contributed by atoms with van der Waals surface area (Å²) in [5.41, 5.74) is 1.24. The van der Waals surface area contributed by atoms with Crippen molar-refractivity contribution < 1.29 is 19.4 Å². The van der Waals surface area contributed by atoms with E-state index in [1.807, 2.05) is 20.8 Å². The predicted octanol–water partition coefficient (Wildman–Crippen LogP) is 0.351. The van der Waals surface area contributed by atoms with Gasteiger partial charge in [-0.05, 0) is 31.2 Å². The van der Waals surface area contributed by atoms with Crippen molar-refractivity contribution in [2.24, 2.45) is 13.0 Å². The van der Waals surface area contributed by atoms with Gasteiger partial charge in [0.25, 0.3) is 5.91 Å². The van der Waals surface area contributed by atoms with E-state index in [9.17, 15) is 14.7 Å². The maximum absolute atomic E-state index is 12.6. The van der Waals surface area contributed by atoms with Crippen LogP contribution in [0.15, 0.2) is 6.07 Å². The fraction of sp³-hybridized carbons (Fsp3) is 0.706. The van der Waals surface area contributed by atoms with Crippen LogP contribution in [0, 0.1) is 5.92 Å². The van der Waals surface area contributed by atoms with E-state index in [-0.39, 0.29) is 17.7 Å². The maximum Gasteiger partial charge on any atom is 0.270 e. The Kier molecular flexibility index (Phi) is 6.55. The van der Waals surface area contributed by atoms with E-state index in [1.54, 1.807) is 13.1 Å². The van der Waals surface area contributed by atoms with Crippen LogP contribution in [0.5, 0.6) is 0 Å². The van der Waals surface area contributed by atoms with Gasteiger partial charge in [-0.15, -0.1) is 0 Å². The lowest BCUT2D eigenvalue weighted by Crippen LogP contribution is -2.52. The fourth-order valence-electron chi connectivity index (χ4n) is 2.85. The molecule has 0 spiro atoms. The van der Waals surface area contributed by atoms with Gasteiger partial charge >= 0.3 is 0 Å². The highest BCUT2D eigenvalue weighted by Gasteiger charge is 2.31. The molecule has 8 heteroatoms. The zero-order valence-corrected chi connectivity index (χ0v) is 15.3. The van der Waals surface area contributed by atoms with Crippen LogP contribution in [0.2, 0.25) is 0 Å². The fourth-order valence-corrected chi connectivity index (χ4v) is 2.85. The zero-order chi connectivity index (χ0) is 18.6. The first-order valence-electron chi connectivity index (χ1n) is 8.75. The summed E-state index contributed by atoms with van der Waals surface area (Å²) in [5.74, 6) is -0.424. The molecule has 3 atom stereocenters. The van der Waals surface area contributed by atoms with Gasteiger partial charge in [0.2, 0.25) is 5.91 Å². The number of amides is 2. The first-order valence-corrected chi connectivity index (χ1v) is 8.75. The summed E-state index contributed by atoms with van der Waals surface area (Å²) in [6, 6.07) is 0.608. The monoisotopic (exact) mass is 352 g/mol. The Morgan fingerprint density at radius 3 is 2.72 bits per heavy atom. The molecule has 3 unspecified atom stereocenters. The summed E-state index contributed by atoms with van der Waals surface area (Å²) in [6.45, 7) is 6.34. The summed E-state index contributed by atoms with van der Waals surface area (Å²) >= 11 is 0. The Morgan fingerprint density at radius 1 is 1.48 bits per heavy atom. The van der Waals surface area contributed by atoms with E-state index < -0.39 is 18.4 Å². The molecule has 0 radical (unpaired) electrons. The molecular formula is C17H28N4O4. The first kappa shape index (κ1) is 19.4. The van der Waals surface area contributed by atoms with Gasteiger partial charge in [-0.1, -0.05) is 20.8 Å². The molecule has 1 fully saturated rings. The van der Waals surface area contributed by atoms with Crippen molar-refractivity contribution in [3.05, 3.63) is 17.5 Å². The maximum atomic E-state index is 12.6. The smallest absolute Gasteiger partial charge is 0.270 e. The van der Waals surface area contributed by atoms with Crippen LogP contribution < -0.4 is 10.6 Å². The molecule has 25 heavy (non-hydrogen) atoms. The van der Waals surface area contributed by atoms with Crippen LogP contribution in [0.3, 0.4) is 0 Å². The molecule has 0 aromatic carbocycles. The topological polar surface area (TPSA) is 105 Å². The van der Waals surface area contributed by atoms with Crippen molar-refractivity contribution in [2.75, 3.05) is 6.61 Å². The van der Waals surface area contributed by atoms with Crippen LogP contribution in [0.25, 0.3) is 0 Å². The molecule has 1 aliphatic heterocycles.